The second-order valence-electron chi connectivity index (χ2n) is 5.19. The molecule has 0 aliphatic rings. The topological polar surface area (TPSA) is 80.6 Å². The highest BCUT2D eigenvalue weighted by atomic mass is 32.2. The lowest BCUT2D eigenvalue weighted by Crippen LogP contribution is -2.07. The molecule has 6 nitrogen and oxygen atoms in total. The van der Waals surface area contributed by atoms with Gasteiger partial charge >= 0.3 is 0 Å². The number of rotatable bonds is 5. The maximum Gasteiger partial charge on any atom is 0.287 e. The minimum Gasteiger partial charge on any atom is -0.481 e. The fraction of sp³-hybridized carbons (Fsp3) is 0.250. The Morgan fingerprint density at radius 2 is 2.00 bits per heavy atom. The highest BCUT2D eigenvalue weighted by Gasteiger charge is 2.11. The van der Waals surface area contributed by atoms with Gasteiger partial charge in [0.2, 0.25) is 5.88 Å². The summed E-state index contributed by atoms with van der Waals surface area (Å²) in [5, 5.41) is 3.18. The summed E-state index contributed by atoms with van der Waals surface area (Å²) < 4.78 is 20.4. The van der Waals surface area contributed by atoms with Crippen molar-refractivity contribution < 1.29 is 13.7 Å². The standard InChI is InChI=1S/C16H19N3O3S/c1-22-15-9-8-12(11-18-15)10-17-14-7-5-4-6-13(14)16(20)19-23(2,3)21/h4-9,11,17H,10H2,1-3H3. The van der Waals surface area contributed by atoms with Gasteiger partial charge in [0.05, 0.1) is 12.7 Å². The van der Waals surface area contributed by atoms with Crippen LogP contribution in [-0.2, 0) is 16.3 Å². The molecule has 1 amide bonds. The molecule has 0 spiro atoms. The van der Waals surface area contributed by atoms with Crippen LogP contribution in [0.25, 0.3) is 0 Å². The van der Waals surface area contributed by atoms with Crippen LogP contribution in [0, 0.1) is 0 Å². The minimum atomic E-state index is -2.49. The van der Waals surface area contributed by atoms with E-state index in [0.29, 0.717) is 23.7 Å². The fourth-order valence-electron chi connectivity index (χ4n) is 1.91. The number of methoxy groups -OCH3 is 1. The molecule has 1 heterocycles. The summed E-state index contributed by atoms with van der Waals surface area (Å²) in [6.45, 7) is 0.495. The number of anilines is 1. The van der Waals surface area contributed by atoms with E-state index in [1.54, 1.807) is 37.6 Å². The van der Waals surface area contributed by atoms with Crippen LogP contribution in [0.5, 0.6) is 5.88 Å². The first-order valence-corrected chi connectivity index (χ1v) is 9.25. The molecule has 0 saturated carbocycles. The molecule has 0 saturated heterocycles. The van der Waals surface area contributed by atoms with Crippen LogP contribution in [0.3, 0.4) is 0 Å². The molecule has 0 fully saturated rings. The maximum atomic E-state index is 12.2. The lowest BCUT2D eigenvalue weighted by atomic mass is 10.1. The van der Waals surface area contributed by atoms with E-state index in [0.717, 1.165) is 5.56 Å². The van der Waals surface area contributed by atoms with Crippen molar-refractivity contribution in [2.24, 2.45) is 4.36 Å². The summed E-state index contributed by atoms with van der Waals surface area (Å²) in [6, 6.07) is 10.7. The van der Waals surface area contributed by atoms with Gasteiger partial charge in [-0.05, 0) is 17.7 Å². The van der Waals surface area contributed by atoms with Gasteiger partial charge in [0.15, 0.2) is 0 Å². The Morgan fingerprint density at radius 3 is 2.61 bits per heavy atom. The van der Waals surface area contributed by atoms with Crippen LogP contribution < -0.4 is 10.1 Å². The van der Waals surface area contributed by atoms with Gasteiger partial charge in [-0.25, -0.2) is 9.19 Å². The fourth-order valence-corrected chi connectivity index (χ4v) is 2.40. The normalized spacial score (nSPS) is 10.9. The van der Waals surface area contributed by atoms with E-state index in [-0.39, 0.29) is 0 Å². The number of benzene rings is 1. The average molecular weight is 333 g/mol. The van der Waals surface area contributed by atoms with Crippen molar-refractivity contribution in [2.45, 2.75) is 6.54 Å². The smallest absolute Gasteiger partial charge is 0.287 e. The van der Waals surface area contributed by atoms with Crippen molar-refractivity contribution >= 4 is 21.3 Å². The van der Waals surface area contributed by atoms with Gasteiger partial charge in [0.25, 0.3) is 5.91 Å². The first kappa shape index (κ1) is 17.0. The van der Waals surface area contributed by atoms with E-state index < -0.39 is 15.6 Å². The Kier molecular flexibility index (Phi) is 5.33. The number of aromatic nitrogens is 1. The zero-order chi connectivity index (χ0) is 16.9. The van der Waals surface area contributed by atoms with Gasteiger partial charge in [-0.3, -0.25) is 4.79 Å². The molecule has 23 heavy (non-hydrogen) atoms. The number of para-hydroxylation sites is 1. The Balaban J connectivity index is 2.17. The number of pyridine rings is 1. The van der Waals surface area contributed by atoms with E-state index in [1.807, 2.05) is 12.1 Å². The minimum absolute atomic E-state index is 0.394. The average Bonchev–Trinajstić information content (AvgIpc) is 2.52. The number of carbonyl (C=O) groups is 1. The summed E-state index contributed by atoms with van der Waals surface area (Å²) in [6.07, 6.45) is 4.57. The highest BCUT2D eigenvalue weighted by Crippen LogP contribution is 2.18. The Labute approximate surface area is 136 Å². The summed E-state index contributed by atoms with van der Waals surface area (Å²) in [5.41, 5.74) is 1.98. The predicted molar refractivity (Wildman–Crippen MR) is 91.3 cm³/mol. The predicted octanol–water partition coefficient (Wildman–Crippen LogP) is 2.57. The van der Waals surface area contributed by atoms with Crippen LogP contribution in [0.15, 0.2) is 47.0 Å². The lowest BCUT2D eigenvalue weighted by molar-refractivity contribution is 0.101. The third-order valence-corrected chi connectivity index (χ3v) is 3.56. The van der Waals surface area contributed by atoms with Crippen LogP contribution >= 0.6 is 0 Å². The number of ether oxygens (including phenoxy) is 1. The zero-order valence-electron chi connectivity index (χ0n) is 13.3. The lowest BCUT2D eigenvalue weighted by Gasteiger charge is -2.10. The van der Waals surface area contributed by atoms with E-state index in [2.05, 4.69) is 14.7 Å². The zero-order valence-corrected chi connectivity index (χ0v) is 14.1. The van der Waals surface area contributed by atoms with Gasteiger partial charge in [0, 0.05) is 46.7 Å². The molecular formula is C16H19N3O3S. The van der Waals surface area contributed by atoms with Crippen LogP contribution in [-0.4, -0.2) is 34.7 Å². The van der Waals surface area contributed by atoms with Crippen LogP contribution in [0.2, 0.25) is 0 Å². The Morgan fingerprint density at radius 1 is 1.26 bits per heavy atom. The van der Waals surface area contributed by atoms with Crippen molar-refractivity contribution in [2.75, 3.05) is 24.9 Å². The van der Waals surface area contributed by atoms with Crippen molar-refractivity contribution in [3.8, 4) is 5.88 Å². The van der Waals surface area contributed by atoms with Gasteiger partial charge in [0.1, 0.15) is 0 Å². The van der Waals surface area contributed by atoms with Crippen LogP contribution in [0.4, 0.5) is 5.69 Å². The second-order valence-corrected chi connectivity index (χ2v) is 7.73. The van der Waals surface area contributed by atoms with Crippen molar-refractivity contribution in [3.63, 3.8) is 0 Å². The van der Waals surface area contributed by atoms with Crippen molar-refractivity contribution in [1.82, 2.24) is 4.98 Å². The number of nitrogens with zero attached hydrogens (tertiary/aromatic N) is 2. The number of carbonyl (C=O) groups excluding carboxylic acids is 1. The largest absolute Gasteiger partial charge is 0.481 e. The van der Waals surface area contributed by atoms with Gasteiger partial charge in [-0.2, -0.15) is 4.36 Å². The summed E-state index contributed by atoms with van der Waals surface area (Å²) >= 11 is 0. The molecule has 0 atom stereocenters. The quantitative estimate of drug-likeness (QED) is 0.909. The Bertz CT molecular complexity index is 802. The van der Waals surface area contributed by atoms with Gasteiger partial charge in [-0.15, -0.1) is 0 Å². The third-order valence-electron chi connectivity index (χ3n) is 2.95. The summed E-state index contributed by atoms with van der Waals surface area (Å²) in [7, 11) is -0.929. The SMILES string of the molecule is COc1ccc(CNc2ccccc2C(=O)N=S(C)(C)=O)cn1. The molecule has 0 bridgehead atoms. The molecule has 1 N–H and O–H groups in total. The molecule has 1 aromatic carbocycles. The highest BCUT2D eigenvalue weighted by molar-refractivity contribution is 7.92. The number of hydrogen-bond donors (Lipinski definition) is 1. The third kappa shape index (κ3) is 5.07. The number of hydrogen-bond acceptors (Lipinski definition) is 5. The molecule has 122 valence electrons. The second kappa shape index (κ2) is 7.23. The van der Waals surface area contributed by atoms with E-state index >= 15 is 0 Å². The molecular weight excluding hydrogens is 314 g/mol. The summed E-state index contributed by atoms with van der Waals surface area (Å²) in [5.74, 6) is 0.0553. The molecule has 1 aromatic heterocycles. The number of nitrogens with one attached hydrogen (secondary N) is 1. The van der Waals surface area contributed by atoms with E-state index in [9.17, 15) is 9.00 Å². The van der Waals surface area contributed by atoms with Gasteiger partial charge in [-0.1, -0.05) is 18.2 Å². The maximum absolute atomic E-state index is 12.2. The molecule has 0 aliphatic heterocycles. The number of amides is 1. The molecule has 2 aromatic rings. The van der Waals surface area contributed by atoms with Crippen molar-refractivity contribution in [1.29, 1.82) is 0 Å². The van der Waals surface area contributed by atoms with Crippen molar-refractivity contribution in [3.05, 3.63) is 53.7 Å². The van der Waals surface area contributed by atoms with E-state index in [1.165, 1.54) is 12.5 Å². The monoisotopic (exact) mass is 333 g/mol. The molecule has 7 heteroatoms. The first-order chi connectivity index (χ1) is 10.9. The summed E-state index contributed by atoms with van der Waals surface area (Å²) in [4.78, 5) is 16.3. The Hall–Kier alpha value is -2.41. The van der Waals surface area contributed by atoms with Gasteiger partial charge < -0.3 is 10.1 Å². The van der Waals surface area contributed by atoms with E-state index in [4.69, 9.17) is 4.74 Å². The molecule has 0 unspecified atom stereocenters. The van der Waals surface area contributed by atoms with Crippen LogP contribution in [0.1, 0.15) is 15.9 Å². The molecule has 0 aliphatic carbocycles. The molecule has 2 rings (SSSR count). The first-order valence-electron chi connectivity index (χ1n) is 6.92. The molecule has 0 radical (unpaired) electrons.